The van der Waals surface area contributed by atoms with Crippen LogP contribution in [0.5, 0.6) is 0 Å². The van der Waals surface area contributed by atoms with E-state index in [9.17, 15) is 9.59 Å². The first kappa shape index (κ1) is 11.1. The second-order valence-corrected chi connectivity index (χ2v) is 4.48. The number of rotatable bonds is 0. The summed E-state index contributed by atoms with van der Waals surface area (Å²) >= 11 is 1.46. The second kappa shape index (κ2) is 3.58. The van der Waals surface area contributed by atoms with Gasteiger partial charge in [0.15, 0.2) is 0 Å². The molecule has 3 amide bonds. The predicted molar refractivity (Wildman–Crippen MR) is 61.9 cm³/mol. The first-order chi connectivity index (χ1) is 7.49. The van der Waals surface area contributed by atoms with Crippen LogP contribution in [0.3, 0.4) is 0 Å². The number of amides is 3. The molecule has 0 spiro atoms. The van der Waals surface area contributed by atoms with Crippen molar-refractivity contribution in [2.75, 3.05) is 27.4 Å². The van der Waals surface area contributed by atoms with Crippen LogP contribution < -0.4 is 0 Å². The molecule has 0 aromatic rings. The zero-order valence-electron chi connectivity index (χ0n) is 9.59. The van der Waals surface area contributed by atoms with Crippen LogP contribution in [0.2, 0.25) is 0 Å². The lowest BCUT2D eigenvalue weighted by Crippen LogP contribution is -2.61. The number of amidine groups is 2. The Balaban J connectivity index is 2.48. The van der Waals surface area contributed by atoms with Crippen molar-refractivity contribution in [1.82, 2.24) is 9.80 Å². The Morgan fingerprint density at radius 1 is 1.31 bits per heavy atom. The minimum Gasteiger partial charge on any atom is -0.269 e. The lowest BCUT2D eigenvalue weighted by Gasteiger charge is -2.29. The maximum atomic E-state index is 12.0. The third-order valence-electron chi connectivity index (χ3n) is 2.81. The van der Waals surface area contributed by atoms with Crippen LogP contribution in [-0.4, -0.2) is 70.8 Å². The maximum Gasteiger partial charge on any atom is 0.357 e. The summed E-state index contributed by atoms with van der Waals surface area (Å²) in [5.41, 5.74) is 0. The molecule has 0 radical (unpaired) electrons. The number of fused-ring (bicyclic) bond motifs is 1. The third kappa shape index (κ3) is 1.27. The molecule has 6 nitrogen and oxygen atoms in total. The summed E-state index contributed by atoms with van der Waals surface area (Å²) in [6.45, 7) is 0. The van der Waals surface area contributed by atoms with Gasteiger partial charge in [-0.2, -0.15) is 0 Å². The minimum absolute atomic E-state index is 0.228. The standard InChI is InChI=1S/C9H13N4O2S/c1-11-5-6(10-8(11)16-4)12(2)9(15)13(3)7(5)14/h5H,1-4H3/q+1. The van der Waals surface area contributed by atoms with Crippen molar-refractivity contribution in [1.29, 1.82) is 0 Å². The van der Waals surface area contributed by atoms with E-state index in [1.807, 2.05) is 13.3 Å². The van der Waals surface area contributed by atoms with E-state index in [1.54, 1.807) is 11.6 Å². The number of carbonyl (C=O) groups excluding carboxylic acids is 2. The lowest BCUT2D eigenvalue weighted by atomic mass is 10.2. The Kier molecular flexibility index (Phi) is 2.49. The van der Waals surface area contributed by atoms with Crippen LogP contribution in [0.15, 0.2) is 4.99 Å². The van der Waals surface area contributed by atoms with Crippen LogP contribution in [0, 0.1) is 0 Å². The Morgan fingerprint density at radius 2 is 1.94 bits per heavy atom. The summed E-state index contributed by atoms with van der Waals surface area (Å²) in [5, 5.41) is 0.753. The van der Waals surface area contributed by atoms with E-state index >= 15 is 0 Å². The van der Waals surface area contributed by atoms with E-state index in [-0.39, 0.29) is 11.9 Å². The van der Waals surface area contributed by atoms with Gasteiger partial charge in [-0.15, -0.1) is 0 Å². The average molecular weight is 241 g/mol. The highest BCUT2D eigenvalue weighted by atomic mass is 32.2. The molecule has 2 aliphatic heterocycles. The van der Waals surface area contributed by atoms with Gasteiger partial charge >= 0.3 is 11.2 Å². The van der Waals surface area contributed by atoms with Gasteiger partial charge in [0.25, 0.3) is 17.8 Å². The molecule has 2 rings (SSSR count). The molecule has 1 atom stereocenters. The van der Waals surface area contributed by atoms with E-state index < -0.39 is 6.04 Å². The molecule has 0 N–H and O–H groups in total. The second-order valence-electron chi connectivity index (χ2n) is 3.71. The zero-order chi connectivity index (χ0) is 12.0. The number of carbonyl (C=O) groups is 2. The number of nitrogens with zero attached hydrogens (tertiary/aromatic N) is 4. The van der Waals surface area contributed by atoms with E-state index in [2.05, 4.69) is 4.99 Å². The van der Waals surface area contributed by atoms with Crippen molar-refractivity contribution in [3.05, 3.63) is 0 Å². The number of thioether (sulfide) groups is 1. The highest BCUT2D eigenvalue weighted by Gasteiger charge is 2.51. The van der Waals surface area contributed by atoms with Crippen LogP contribution >= 0.6 is 11.8 Å². The quantitative estimate of drug-likeness (QED) is 0.545. The van der Waals surface area contributed by atoms with Gasteiger partial charge in [0.2, 0.25) is 0 Å². The van der Waals surface area contributed by atoms with Gasteiger partial charge in [-0.25, -0.2) is 9.37 Å². The summed E-state index contributed by atoms with van der Waals surface area (Å²) in [4.78, 5) is 30.5. The molecule has 2 heterocycles. The van der Waals surface area contributed by atoms with Crippen LogP contribution in [0.1, 0.15) is 0 Å². The van der Waals surface area contributed by atoms with Crippen molar-refractivity contribution in [3.8, 4) is 0 Å². The Hall–Kier alpha value is -1.37. The molecule has 1 saturated heterocycles. The lowest BCUT2D eigenvalue weighted by molar-refractivity contribution is -0.502. The molecule has 0 aliphatic carbocycles. The van der Waals surface area contributed by atoms with Gasteiger partial charge in [-0.3, -0.25) is 14.6 Å². The molecule has 0 aromatic carbocycles. The van der Waals surface area contributed by atoms with Crippen molar-refractivity contribution in [2.45, 2.75) is 6.04 Å². The molecular weight excluding hydrogens is 228 g/mol. The highest BCUT2D eigenvalue weighted by molar-refractivity contribution is 8.13. The first-order valence-electron chi connectivity index (χ1n) is 4.76. The average Bonchev–Trinajstić information content (AvgIpc) is 2.61. The molecule has 2 aliphatic rings. The smallest absolute Gasteiger partial charge is 0.269 e. The van der Waals surface area contributed by atoms with Crippen LogP contribution in [0.25, 0.3) is 0 Å². The van der Waals surface area contributed by atoms with E-state index in [0.29, 0.717) is 5.84 Å². The van der Waals surface area contributed by atoms with Crippen molar-refractivity contribution >= 4 is 34.7 Å². The Labute approximate surface area is 97.6 Å². The molecule has 1 fully saturated rings. The fraction of sp³-hybridized carbons (Fsp3) is 0.556. The van der Waals surface area contributed by atoms with Gasteiger partial charge in [-0.1, -0.05) is 0 Å². The molecule has 0 aromatic heterocycles. The maximum absolute atomic E-state index is 12.0. The SMILES string of the molecule is CSC1=[N+](C)C2C(=O)N(C)C(=O)N(C)C2=N1. The summed E-state index contributed by atoms with van der Waals surface area (Å²) in [7, 11) is 4.93. The summed E-state index contributed by atoms with van der Waals surface area (Å²) in [6.07, 6.45) is 1.89. The number of aliphatic imine (C=N–C) groups is 1. The number of likely N-dealkylation sites (N-methyl/N-ethyl adjacent to an activating group) is 3. The summed E-state index contributed by atoms with van der Waals surface area (Å²) in [5.74, 6) is 0.286. The van der Waals surface area contributed by atoms with Crippen LogP contribution in [-0.2, 0) is 4.79 Å². The number of urea groups is 1. The fourth-order valence-corrected chi connectivity index (χ4v) is 2.42. The van der Waals surface area contributed by atoms with E-state index in [4.69, 9.17) is 0 Å². The number of hydrogen-bond donors (Lipinski definition) is 0. The molecular formula is C9H13N4O2S+. The number of hydrogen-bond acceptors (Lipinski definition) is 4. The molecule has 1 unspecified atom stereocenters. The predicted octanol–water partition coefficient (Wildman–Crippen LogP) is -0.348. The van der Waals surface area contributed by atoms with Gasteiger partial charge in [-0.05, 0) is 23.0 Å². The first-order valence-corrected chi connectivity index (χ1v) is 5.99. The van der Waals surface area contributed by atoms with Crippen molar-refractivity contribution in [2.24, 2.45) is 4.99 Å². The van der Waals surface area contributed by atoms with Crippen molar-refractivity contribution in [3.63, 3.8) is 0 Å². The van der Waals surface area contributed by atoms with Crippen molar-refractivity contribution < 1.29 is 14.2 Å². The third-order valence-corrected chi connectivity index (χ3v) is 3.55. The van der Waals surface area contributed by atoms with E-state index in [1.165, 1.54) is 23.7 Å². The zero-order valence-corrected chi connectivity index (χ0v) is 10.4. The fourth-order valence-electron chi connectivity index (χ4n) is 1.85. The van der Waals surface area contributed by atoms with Gasteiger partial charge in [0.05, 0.1) is 7.05 Å². The van der Waals surface area contributed by atoms with Gasteiger partial charge in [0.1, 0.15) is 0 Å². The topological polar surface area (TPSA) is 56.0 Å². The largest absolute Gasteiger partial charge is 0.357 e. The van der Waals surface area contributed by atoms with Gasteiger partial charge in [0, 0.05) is 14.1 Å². The molecule has 86 valence electrons. The Bertz CT molecular complexity index is 443. The number of imide groups is 1. The minimum atomic E-state index is -0.463. The summed E-state index contributed by atoms with van der Waals surface area (Å²) in [6, 6.07) is -0.800. The normalized spacial score (nSPS) is 25.2. The monoisotopic (exact) mass is 241 g/mol. The van der Waals surface area contributed by atoms with E-state index in [0.717, 1.165) is 10.1 Å². The molecule has 16 heavy (non-hydrogen) atoms. The Morgan fingerprint density at radius 3 is 2.50 bits per heavy atom. The summed E-state index contributed by atoms with van der Waals surface area (Å²) < 4.78 is 1.79. The molecule has 0 bridgehead atoms. The van der Waals surface area contributed by atoms with Gasteiger partial charge < -0.3 is 0 Å². The van der Waals surface area contributed by atoms with Crippen LogP contribution in [0.4, 0.5) is 4.79 Å². The highest BCUT2D eigenvalue weighted by Crippen LogP contribution is 2.20. The molecule has 0 saturated carbocycles. The molecule has 7 heteroatoms.